The Morgan fingerprint density at radius 2 is 1.84 bits per heavy atom. The van der Waals surface area contributed by atoms with E-state index in [0.29, 0.717) is 27.9 Å². The average Bonchev–Trinajstić information content (AvgIpc) is 3.44. The topological polar surface area (TPSA) is 161 Å². The van der Waals surface area contributed by atoms with Gasteiger partial charge in [0.1, 0.15) is 10.6 Å². The van der Waals surface area contributed by atoms with Gasteiger partial charge in [0.25, 0.3) is 0 Å². The minimum atomic E-state index is -4.70. The predicted octanol–water partition coefficient (Wildman–Crippen LogP) is 5.75. The van der Waals surface area contributed by atoms with E-state index in [-0.39, 0.29) is 35.6 Å². The predicted molar refractivity (Wildman–Crippen MR) is 161 cm³/mol. The molecule has 0 saturated carbocycles. The van der Waals surface area contributed by atoms with Gasteiger partial charge in [0, 0.05) is 46.4 Å². The number of esters is 1. The quantitative estimate of drug-likeness (QED) is 0.108. The number of halogens is 3. The number of nitrogens with zero attached hydrogens (tertiary/aromatic N) is 3. The van der Waals surface area contributed by atoms with Crippen molar-refractivity contribution in [2.75, 3.05) is 19.8 Å². The third kappa shape index (κ3) is 8.04. The highest BCUT2D eigenvalue weighted by molar-refractivity contribution is 7.46. The number of pyridine rings is 2. The summed E-state index contributed by atoms with van der Waals surface area (Å²) >= 11 is 0.819. The van der Waals surface area contributed by atoms with Crippen LogP contribution in [0.5, 0.6) is 0 Å². The maximum absolute atomic E-state index is 13.8. The molecule has 11 nitrogen and oxygen atoms in total. The summed E-state index contributed by atoms with van der Waals surface area (Å²) < 4.78 is 62.0. The van der Waals surface area contributed by atoms with Crippen molar-refractivity contribution >= 4 is 36.0 Å². The van der Waals surface area contributed by atoms with Gasteiger partial charge in [-0.25, -0.2) is 14.3 Å². The second-order valence-electron chi connectivity index (χ2n) is 11.3. The van der Waals surface area contributed by atoms with Crippen molar-refractivity contribution in [3.05, 3.63) is 69.2 Å². The summed E-state index contributed by atoms with van der Waals surface area (Å²) in [6.45, 7) is 6.27. The van der Waals surface area contributed by atoms with E-state index in [1.54, 1.807) is 29.7 Å². The number of carbonyl (C=O) groups excluding carboxylic acids is 1. The van der Waals surface area contributed by atoms with Crippen LogP contribution in [0.15, 0.2) is 46.8 Å². The first-order valence-corrected chi connectivity index (χ1v) is 16.0. The number of alkyl halides is 3. The molecule has 0 aliphatic carbocycles. The lowest BCUT2D eigenvalue weighted by atomic mass is 9.86. The molecule has 3 N–H and O–H groups in total. The molecule has 242 valence electrons. The fourth-order valence-corrected chi connectivity index (χ4v) is 5.91. The number of hydrogen-bond donors (Lipinski definition) is 3. The lowest BCUT2D eigenvalue weighted by Gasteiger charge is -2.33. The molecule has 0 fully saturated rings. The Morgan fingerprint density at radius 3 is 2.44 bits per heavy atom. The van der Waals surface area contributed by atoms with Gasteiger partial charge in [-0.1, -0.05) is 26.8 Å². The number of aliphatic hydroxyl groups excluding tert-OH is 1. The number of aromatic nitrogens is 3. The van der Waals surface area contributed by atoms with Crippen molar-refractivity contribution in [2.45, 2.75) is 46.3 Å². The number of phosphoric acid groups is 1. The zero-order valence-electron chi connectivity index (χ0n) is 24.7. The van der Waals surface area contributed by atoms with Crippen LogP contribution in [0, 0.1) is 12.3 Å². The molecule has 0 aliphatic rings. The standard InChI is InChI=1S/C29H31F3N3O8PS/c1-16-10-18(26-34-23(15-45-26)29(30,31)32)20(12-33-16)17-6-7-22-19(11-17)25(37)21(13-35(22)24(14-36)28(2,3)4)27(38)42-8-5-9-43-44(39,40)41/h6-7,10-13,15,24,36H,5,8-9,14H2,1-4H3,(H2,39,40,41)/t24-/m1/s1. The van der Waals surface area contributed by atoms with Crippen LogP contribution in [0.2, 0.25) is 0 Å². The maximum Gasteiger partial charge on any atom is 0.469 e. The molecule has 0 bridgehead atoms. The minimum absolute atomic E-state index is 0.0555. The number of rotatable bonds is 10. The van der Waals surface area contributed by atoms with Gasteiger partial charge < -0.3 is 24.2 Å². The molecule has 1 aromatic carbocycles. The van der Waals surface area contributed by atoms with E-state index in [4.69, 9.17) is 14.5 Å². The summed E-state index contributed by atoms with van der Waals surface area (Å²) in [5.74, 6) is -0.997. The zero-order chi connectivity index (χ0) is 33.3. The highest BCUT2D eigenvalue weighted by Gasteiger charge is 2.34. The van der Waals surface area contributed by atoms with E-state index in [2.05, 4.69) is 14.5 Å². The molecule has 45 heavy (non-hydrogen) atoms. The van der Waals surface area contributed by atoms with Gasteiger partial charge in [-0.05, 0) is 36.1 Å². The molecule has 0 saturated heterocycles. The van der Waals surface area contributed by atoms with Crippen molar-refractivity contribution in [1.82, 2.24) is 14.5 Å². The molecule has 0 amide bonds. The van der Waals surface area contributed by atoms with E-state index in [1.807, 2.05) is 20.8 Å². The highest BCUT2D eigenvalue weighted by atomic mass is 32.1. The second kappa shape index (κ2) is 13.1. The van der Waals surface area contributed by atoms with Gasteiger partial charge in [0.05, 0.1) is 31.4 Å². The summed E-state index contributed by atoms with van der Waals surface area (Å²) in [5.41, 5.74) is -0.483. The smallest absolute Gasteiger partial charge is 0.462 e. The molecule has 4 rings (SSSR count). The summed E-state index contributed by atoms with van der Waals surface area (Å²) in [5, 5.41) is 11.4. The second-order valence-corrected chi connectivity index (χ2v) is 13.4. The Bertz CT molecular complexity index is 1830. The number of carbonyl (C=O) groups is 1. The fourth-order valence-electron chi connectivity index (χ4n) is 4.68. The van der Waals surface area contributed by atoms with E-state index >= 15 is 0 Å². The van der Waals surface area contributed by atoms with Crippen LogP contribution in [0.4, 0.5) is 13.2 Å². The van der Waals surface area contributed by atoms with Gasteiger partial charge in [-0.15, -0.1) is 11.3 Å². The van der Waals surface area contributed by atoms with Crippen molar-refractivity contribution in [3.8, 4) is 21.7 Å². The molecule has 0 spiro atoms. The number of aryl methyl sites for hydroxylation is 1. The number of fused-ring (bicyclic) bond motifs is 1. The molecule has 16 heteroatoms. The monoisotopic (exact) mass is 669 g/mol. The maximum atomic E-state index is 13.8. The van der Waals surface area contributed by atoms with Crippen LogP contribution in [0.1, 0.15) is 55.0 Å². The summed E-state index contributed by atoms with van der Waals surface area (Å²) in [6.07, 6.45) is -1.90. The molecule has 3 aromatic heterocycles. The fraction of sp³-hybridized carbons (Fsp3) is 0.379. The first-order valence-electron chi connectivity index (χ1n) is 13.6. The van der Waals surface area contributed by atoms with Gasteiger partial charge in [0.2, 0.25) is 5.43 Å². The van der Waals surface area contributed by atoms with Crippen LogP contribution in [0.3, 0.4) is 0 Å². The van der Waals surface area contributed by atoms with Crippen LogP contribution < -0.4 is 5.43 Å². The molecule has 0 unspecified atom stereocenters. The lowest BCUT2D eigenvalue weighted by molar-refractivity contribution is -0.140. The largest absolute Gasteiger partial charge is 0.469 e. The number of aliphatic hydroxyl groups is 1. The highest BCUT2D eigenvalue weighted by Crippen LogP contribution is 2.39. The van der Waals surface area contributed by atoms with Crippen LogP contribution in [-0.2, 0) is 20.0 Å². The lowest BCUT2D eigenvalue weighted by Crippen LogP contribution is -2.31. The summed E-state index contributed by atoms with van der Waals surface area (Å²) in [7, 11) is -4.70. The summed E-state index contributed by atoms with van der Waals surface area (Å²) in [4.78, 5) is 52.6. The normalized spacial score (nSPS) is 13.3. The van der Waals surface area contributed by atoms with Crippen molar-refractivity contribution in [1.29, 1.82) is 0 Å². The number of hydrogen-bond acceptors (Lipinski definition) is 9. The Hall–Kier alpha value is -3.46. The minimum Gasteiger partial charge on any atom is -0.462 e. The van der Waals surface area contributed by atoms with Crippen molar-refractivity contribution < 1.29 is 46.7 Å². The first kappa shape index (κ1) is 34.4. The molecular weight excluding hydrogens is 638 g/mol. The number of phosphoric ester groups is 1. The number of thiazole rings is 1. The SMILES string of the molecule is Cc1cc(-c2nc(C(F)(F)F)cs2)c(-c2ccc3c(c2)c(=O)c(C(=O)OCCCOP(=O)(O)O)cn3[C@H](CO)C(C)(C)C)cn1. The van der Waals surface area contributed by atoms with Gasteiger partial charge >= 0.3 is 20.0 Å². The van der Waals surface area contributed by atoms with Gasteiger partial charge in [0.15, 0.2) is 5.69 Å². The van der Waals surface area contributed by atoms with Crippen LogP contribution >= 0.6 is 19.2 Å². The van der Waals surface area contributed by atoms with Gasteiger partial charge in [-0.2, -0.15) is 13.2 Å². The Morgan fingerprint density at radius 1 is 1.13 bits per heavy atom. The molecule has 0 radical (unpaired) electrons. The summed E-state index contributed by atoms with van der Waals surface area (Å²) in [6, 6.07) is 5.80. The zero-order valence-corrected chi connectivity index (χ0v) is 26.4. The first-order chi connectivity index (χ1) is 20.9. The van der Waals surface area contributed by atoms with E-state index < -0.39 is 49.2 Å². The van der Waals surface area contributed by atoms with Crippen molar-refractivity contribution in [3.63, 3.8) is 0 Å². The van der Waals surface area contributed by atoms with Crippen molar-refractivity contribution in [2.24, 2.45) is 5.41 Å². The Labute approximate surface area is 259 Å². The third-order valence-corrected chi connectivity index (χ3v) is 8.31. The third-order valence-electron chi connectivity index (χ3n) is 6.92. The molecule has 4 aromatic rings. The van der Waals surface area contributed by atoms with E-state index in [9.17, 15) is 32.4 Å². The van der Waals surface area contributed by atoms with E-state index in [0.717, 1.165) is 16.7 Å². The molecule has 1 atom stereocenters. The van der Waals surface area contributed by atoms with E-state index in [1.165, 1.54) is 18.5 Å². The molecular formula is C29H31F3N3O8PS. The molecule has 0 aliphatic heterocycles. The number of ether oxygens (including phenoxy) is 1. The van der Waals surface area contributed by atoms with Crippen LogP contribution in [-0.4, -0.2) is 55.2 Å². The Balaban J connectivity index is 1.84. The average molecular weight is 670 g/mol. The van der Waals surface area contributed by atoms with Crippen LogP contribution in [0.25, 0.3) is 32.6 Å². The number of benzene rings is 1. The molecule has 3 heterocycles. The van der Waals surface area contributed by atoms with Gasteiger partial charge in [-0.3, -0.25) is 14.3 Å². The Kier molecular flexibility index (Phi) is 10.0.